The molecule has 3 aromatic heterocycles. The number of nitrogens with zero attached hydrogens (tertiary/aromatic N) is 4. The maximum absolute atomic E-state index is 11.7. The van der Waals surface area contributed by atoms with Crippen molar-refractivity contribution < 1.29 is 18.8 Å². The van der Waals surface area contributed by atoms with Crippen LogP contribution in [0.15, 0.2) is 41.2 Å². The van der Waals surface area contributed by atoms with E-state index in [1.807, 2.05) is 19.9 Å². The Morgan fingerprint density at radius 3 is 2.91 bits per heavy atom. The molecule has 4 aromatic rings. The summed E-state index contributed by atoms with van der Waals surface area (Å²) in [5, 5.41) is 14.5. The number of H-pyrrole nitrogens is 1. The summed E-state index contributed by atoms with van der Waals surface area (Å²) in [6, 6.07) is 9.21. The van der Waals surface area contributed by atoms with Gasteiger partial charge in [-0.05, 0) is 57.0 Å². The summed E-state index contributed by atoms with van der Waals surface area (Å²) >= 11 is 0. The van der Waals surface area contributed by atoms with Gasteiger partial charge in [0.15, 0.2) is 0 Å². The second-order valence-electron chi connectivity index (χ2n) is 7.62. The van der Waals surface area contributed by atoms with Crippen molar-refractivity contribution in [3.8, 4) is 34.8 Å². The van der Waals surface area contributed by atoms with Gasteiger partial charge in [0.25, 0.3) is 5.89 Å². The molecule has 1 N–H and O–H groups in total. The summed E-state index contributed by atoms with van der Waals surface area (Å²) in [6.45, 7) is 5.94. The van der Waals surface area contributed by atoms with E-state index in [4.69, 9.17) is 14.0 Å². The molecule has 0 atom stereocenters. The lowest BCUT2D eigenvalue weighted by molar-refractivity contribution is -0.143. The van der Waals surface area contributed by atoms with Gasteiger partial charge in [-0.1, -0.05) is 5.16 Å². The third-order valence-corrected chi connectivity index (χ3v) is 4.93. The van der Waals surface area contributed by atoms with Gasteiger partial charge in [0.2, 0.25) is 5.82 Å². The fourth-order valence-electron chi connectivity index (χ4n) is 3.49. The van der Waals surface area contributed by atoms with E-state index < -0.39 is 0 Å². The Morgan fingerprint density at radius 1 is 1.30 bits per heavy atom. The largest absolute Gasteiger partial charge is 0.490 e. The Labute approximate surface area is 190 Å². The SMILES string of the molecule is CCOC(=O)CCc1cnc(-c2noc(-c3ccc(OC(C)C)c(C#N)c3)n2)c2[nH]ccc12. The molecule has 33 heavy (non-hydrogen) atoms. The fourth-order valence-corrected chi connectivity index (χ4v) is 3.49. The average molecular weight is 445 g/mol. The van der Waals surface area contributed by atoms with Crippen molar-refractivity contribution in [2.24, 2.45) is 0 Å². The molecule has 168 valence electrons. The number of rotatable bonds is 8. The van der Waals surface area contributed by atoms with Crippen LogP contribution in [0.5, 0.6) is 5.75 Å². The van der Waals surface area contributed by atoms with Crippen LogP contribution in [0.3, 0.4) is 0 Å². The zero-order chi connectivity index (χ0) is 23.4. The van der Waals surface area contributed by atoms with Crippen LogP contribution < -0.4 is 4.74 Å². The molecule has 0 unspecified atom stereocenters. The average Bonchev–Trinajstić information content (AvgIpc) is 3.48. The maximum Gasteiger partial charge on any atom is 0.306 e. The molecule has 9 heteroatoms. The summed E-state index contributed by atoms with van der Waals surface area (Å²) in [4.78, 5) is 23.9. The molecule has 0 saturated carbocycles. The van der Waals surface area contributed by atoms with Crippen molar-refractivity contribution in [3.63, 3.8) is 0 Å². The van der Waals surface area contributed by atoms with E-state index in [0.717, 1.165) is 16.5 Å². The van der Waals surface area contributed by atoms with Gasteiger partial charge in [-0.2, -0.15) is 10.2 Å². The smallest absolute Gasteiger partial charge is 0.306 e. The van der Waals surface area contributed by atoms with Gasteiger partial charge in [0.1, 0.15) is 17.5 Å². The molecular formula is C24H23N5O4. The third kappa shape index (κ3) is 4.70. The zero-order valence-corrected chi connectivity index (χ0v) is 18.6. The van der Waals surface area contributed by atoms with Gasteiger partial charge in [0, 0.05) is 29.8 Å². The monoisotopic (exact) mass is 445 g/mol. The van der Waals surface area contributed by atoms with Crippen LogP contribution in [-0.4, -0.2) is 38.8 Å². The molecule has 0 bridgehead atoms. The van der Waals surface area contributed by atoms with Crippen LogP contribution in [0.4, 0.5) is 0 Å². The van der Waals surface area contributed by atoms with E-state index >= 15 is 0 Å². The summed E-state index contributed by atoms with van der Waals surface area (Å²) in [6.07, 6.45) is 4.26. The Kier molecular flexibility index (Phi) is 6.36. The molecule has 0 amide bonds. The van der Waals surface area contributed by atoms with Gasteiger partial charge in [-0.3, -0.25) is 9.78 Å². The van der Waals surface area contributed by atoms with E-state index in [9.17, 15) is 10.1 Å². The molecular weight excluding hydrogens is 422 g/mol. The number of nitrogens with one attached hydrogen (secondary N) is 1. The molecule has 1 aromatic carbocycles. The first-order valence-electron chi connectivity index (χ1n) is 10.7. The molecule has 4 rings (SSSR count). The topological polar surface area (TPSA) is 127 Å². The van der Waals surface area contributed by atoms with E-state index in [1.54, 1.807) is 37.5 Å². The van der Waals surface area contributed by atoms with E-state index in [0.29, 0.717) is 41.4 Å². The number of esters is 1. The summed E-state index contributed by atoms with van der Waals surface area (Å²) in [5.41, 5.74) is 3.20. The van der Waals surface area contributed by atoms with Gasteiger partial charge < -0.3 is 19.0 Å². The maximum atomic E-state index is 11.7. The lowest BCUT2D eigenvalue weighted by atomic mass is 10.1. The highest BCUT2D eigenvalue weighted by Gasteiger charge is 2.18. The second kappa shape index (κ2) is 9.53. The Hall–Kier alpha value is -4.19. The van der Waals surface area contributed by atoms with E-state index in [-0.39, 0.29) is 24.4 Å². The minimum Gasteiger partial charge on any atom is -0.490 e. The molecule has 0 aliphatic carbocycles. The molecule has 0 aliphatic heterocycles. The molecule has 0 radical (unpaired) electrons. The number of ether oxygens (including phenoxy) is 2. The van der Waals surface area contributed by atoms with Crippen molar-refractivity contribution in [2.45, 2.75) is 39.7 Å². The molecule has 0 spiro atoms. The first-order chi connectivity index (χ1) is 16.0. The van der Waals surface area contributed by atoms with Crippen LogP contribution in [0.25, 0.3) is 33.9 Å². The van der Waals surface area contributed by atoms with Gasteiger partial charge in [0.05, 0.1) is 23.8 Å². The number of pyridine rings is 1. The predicted molar refractivity (Wildman–Crippen MR) is 120 cm³/mol. The van der Waals surface area contributed by atoms with E-state index in [2.05, 4.69) is 26.2 Å². The summed E-state index contributed by atoms with van der Waals surface area (Å²) < 4.78 is 16.1. The summed E-state index contributed by atoms with van der Waals surface area (Å²) in [7, 11) is 0. The molecule has 0 aliphatic rings. The van der Waals surface area contributed by atoms with Crippen LogP contribution in [0, 0.1) is 11.3 Å². The number of benzene rings is 1. The normalized spacial score (nSPS) is 11.0. The van der Waals surface area contributed by atoms with Crippen molar-refractivity contribution in [3.05, 3.63) is 47.8 Å². The van der Waals surface area contributed by atoms with Crippen molar-refractivity contribution in [2.75, 3.05) is 6.61 Å². The quantitative estimate of drug-likeness (QED) is 0.395. The number of hydrogen-bond acceptors (Lipinski definition) is 8. The van der Waals surface area contributed by atoms with Gasteiger partial charge in [-0.15, -0.1) is 0 Å². The number of carbonyl (C=O) groups is 1. The Morgan fingerprint density at radius 2 is 2.15 bits per heavy atom. The second-order valence-corrected chi connectivity index (χ2v) is 7.62. The Bertz CT molecular complexity index is 1330. The zero-order valence-electron chi connectivity index (χ0n) is 18.6. The highest BCUT2D eigenvalue weighted by atomic mass is 16.5. The number of carbonyl (C=O) groups excluding carboxylic acids is 1. The standard InChI is InChI=1S/C24H23N5O4/c1-4-31-20(30)8-6-16-13-27-22(21-18(16)9-10-26-21)23-28-24(33-29-23)15-5-7-19(32-14(2)3)17(11-15)12-25/h5,7,9-11,13-14,26H,4,6,8H2,1-3H3. The van der Waals surface area contributed by atoms with E-state index in [1.165, 1.54) is 0 Å². The minimum atomic E-state index is -0.241. The van der Waals surface area contributed by atoms with Crippen LogP contribution in [0.1, 0.15) is 38.3 Å². The van der Waals surface area contributed by atoms with Crippen molar-refractivity contribution in [1.82, 2.24) is 20.1 Å². The number of aryl methyl sites for hydroxylation is 1. The number of fused-ring (bicyclic) bond motifs is 1. The van der Waals surface area contributed by atoms with Gasteiger partial charge in [-0.25, -0.2) is 0 Å². The van der Waals surface area contributed by atoms with Gasteiger partial charge >= 0.3 is 5.97 Å². The molecule has 0 fully saturated rings. The van der Waals surface area contributed by atoms with Crippen LogP contribution in [0.2, 0.25) is 0 Å². The van der Waals surface area contributed by atoms with Crippen LogP contribution in [-0.2, 0) is 16.0 Å². The minimum absolute atomic E-state index is 0.0486. The highest BCUT2D eigenvalue weighted by molar-refractivity contribution is 5.92. The van der Waals surface area contributed by atoms with Crippen molar-refractivity contribution >= 4 is 16.9 Å². The Balaban J connectivity index is 1.62. The summed E-state index contributed by atoms with van der Waals surface area (Å²) in [5.74, 6) is 0.847. The fraction of sp³-hybridized carbons (Fsp3) is 0.292. The first kappa shape index (κ1) is 22.0. The lowest BCUT2D eigenvalue weighted by Gasteiger charge is -2.11. The first-order valence-corrected chi connectivity index (χ1v) is 10.7. The molecule has 0 saturated heterocycles. The number of aromatic amines is 1. The lowest BCUT2D eigenvalue weighted by Crippen LogP contribution is -2.06. The molecule has 9 nitrogen and oxygen atoms in total. The third-order valence-electron chi connectivity index (χ3n) is 4.93. The van der Waals surface area contributed by atoms with Crippen LogP contribution >= 0.6 is 0 Å². The predicted octanol–water partition coefficient (Wildman–Crippen LogP) is 4.43. The number of aromatic nitrogens is 4. The highest BCUT2D eigenvalue weighted by Crippen LogP contribution is 2.30. The number of hydrogen-bond donors (Lipinski definition) is 1. The molecule has 3 heterocycles. The van der Waals surface area contributed by atoms with Crippen molar-refractivity contribution in [1.29, 1.82) is 5.26 Å². The number of nitriles is 1.